The average Bonchev–Trinajstić information content (AvgIpc) is 3.28. The van der Waals surface area contributed by atoms with Crippen LogP contribution in [0.15, 0.2) is 18.3 Å². The van der Waals surface area contributed by atoms with E-state index in [-0.39, 0.29) is 12.5 Å². The summed E-state index contributed by atoms with van der Waals surface area (Å²) in [5.74, 6) is 0.434. The van der Waals surface area contributed by atoms with Gasteiger partial charge in [-0.15, -0.1) is 0 Å². The van der Waals surface area contributed by atoms with Gasteiger partial charge in [-0.2, -0.15) is 0 Å². The molecule has 0 atom stereocenters. The zero-order chi connectivity index (χ0) is 14.2. The molecule has 1 saturated carbocycles. The number of ether oxygens (including phenoxy) is 2. The molecule has 0 aromatic carbocycles. The molecule has 2 N–H and O–H groups in total. The van der Waals surface area contributed by atoms with Crippen LogP contribution in [0.1, 0.15) is 18.5 Å². The van der Waals surface area contributed by atoms with Gasteiger partial charge in [0.15, 0.2) is 6.61 Å². The summed E-state index contributed by atoms with van der Waals surface area (Å²) in [6.45, 7) is 1.76. The summed E-state index contributed by atoms with van der Waals surface area (Å²) in [5, 5.41) is 6.08. The third kappa shape index (κ3) is 5.54. The van der Waals surface area contributed by atoms with E-state index in [0.29, 0.717) is 24.9 Å². The molecule has 0 saturated heterocycles. The van der Waals surface area contributed by atoms with Crippen molar-refractivity contribution in [3.05, 3.63) is 24.0 Å². The van der Waals surface area contributed by atoms with Gasteiger partial charge < -0.3 is 20.1 Å². The van der Waals surface area contributed by atoms with Crippen LogP contribution in [0, 0.1) is 0 Å². The number of nitrogens with one attached hydrogen (secondary N) is 2. The van der Waals surface area contributed by atoms with Crippen LogP contribution in [0.5, 0.6) is 5.75 Å². The third-order valence-electron chi connectivity index (χ3n) is 2.95. The summed E-state index contributed by atoms with van der Waals surface area (Å²) in [6.07, 6.45) is 4.17. The molecule has 1 heterocycles. The standard InChI is InChI=1S/C14H21N3O3/c1-19-7-6-15-14(18)10-20-13-5-4-12(17-9-13)8-16-11-2-3-11/h4-5,9,11,16H,2-3,6-8,10H2,1H3,(H,15,18). The first kappa shape index (κ1) is 14.7. The first-order valence-electron chi connectivity index (χ1n) is 6.84. The molecule has 0 aliphatic heterocycles. The average molecular weight is 279 g/mol. The molecule has 1 amide bonds. The van der Waals surface area contributed by atoms with Crippen molar-refractivity contribution in [2.45, 2.75) is 25.4 Å². The number of carbonyl (C=O) groups excluding carboxylic acids is 1. The SMILES string of the molecule is COCCNC(=O)COc1ccc(CNC2CC2)nc1. The number of nitrogens with zero attached hydrogens (tertiary/aromatic N) is 1. The van der Waals surface area contributed by atoms with Gasteiger partial charge in [-0.05, 0) is 25.0 Å². The van der Waals surface area contributed by atoms with Crippen molar-refractivity contribution in [3.63, 3.8) is 0 Å². The number of carbonyl (C=O) groups is 1. The summed E-state index contributed by atoms with van der Waals surface area (Å²) in [4.78, 5) is 15.7. The number of amides is 1. The van der Waals surface area contributed by atoms with Crippen molar-refractivity contribution < 1.29 is 14.3 Å². The van der Waals surface area contributed by atoms with Gasteiger partial charge >= 0.3 is 0 Å². The number of hydrogen-bond acceptors (Lipinski definition) is 5. The summed E-state index contributed by atoms with van der Waals surface area (Å²) in [6, 6.07) is 4.41. The van der Waals surface area contributed by atoms with Crippen LogP contribution in [0.3, 0.4) is 0 Å². The van der Waals surface area contributed by atoms with Crippen LogP contribution < -0.4 is 15.4 Å². The summed E-state index contributed by atoms with van der Waals surface area (Å²) in [5.41, 5.74) is 0.980. The van der Waals surface area contributed by atoms with Gasteiger partial charge in [-0.3, -0.25) is 9.78 Å². The molecule has 1 aromatic heterocycles. The second kappa shape index (κ2) is 7.81. The van der Waals surface area contributed by atoms with E-state index in [2.05, 4.69) is 15.6 Å². The molecule has 20 heavy (non-hydrogen) atoms. The van der Waals surface area contributed by atoms with Crippen LogP contribution in [0.25, 0.3) is 0 Å². The van der Waals surface area contributed by atoms with Gasteiger partial charge in [0.1, 0.15) is 5.75 Å². The Kier molecular flexibility index (Phi) is 5.76. The van der Waals surface area contributed by atoms with Gasteiger partial charge in [0.25, 0.3) is 5.91 Å². The highest BCUT2D eigenvalue weighted by molar-refractivity contribution is 5.77. The molecular weight excluding hydrogens is 258 g/mol. The molecule has 1 aliphatic rings. The minimum Gasteiger partial charge on any atom is -0.482 e. The van der Waals surface area contributed by atoms with Crippen molar-refractivity contribution in [2.24, 2.45) is 0 Å². The smallest absolute Gasteiger partial charge is 0.258 e. The zero-order valence-corrected chi connectivity index (χ0v) is 11.7. The third-order valence-corrected chi connectivity index (χ3v) is 2.95. The quantitative estimate of drug-likeness (QED) is 0.643. The largest absolute Gasteiger partial charge is 0.482 e. The minimum atomic E-state index is -0.165. The predicted octanol–water partition coefficient (Wildman–Crippen LogP) is 0.475. The molecule has 0 bridgehead atoms. The Morgan fingerprint density at radius 3 is 2.95 bits per heavy atom. The first-order chi connectivity index (χ1) is 9.78. The second-order valence-corrected chi connectivity index (χ2v) is 4.77. The van der Waals surface area contributed by atoms with E-state index in [1.165, 1.54) is 12.8 Å². The molecule has 1 fully saturated rings. The van der Waals surface area contributed by atoms with Gasteiger partial charge in [0.05, 0.1) is 18.5 Å². The Morgan fingerprint density at radius 2 is 2.30 bits per heavy atom. The lowest BCUT2D eigenvalue weighted by Gasteiger charge is -2.07. The van der Waals surface area contributed by atoms with E-state index in [9.17, 15) is 4.79 Å². The zero-order valence-electron chi connectivity index (χ0n) is 11.7. The van der Waals surface area contributed by atoms with Crippen LogP contribution in [0.4, 0.5) is 0 Å². The van der Waals surface area contributed by atoms with E-state index < -0.39 is 0 Å². The van der Waals surface area contributed by atoms with E-state index in [0.717, 1.165) is 12.2 Å². The highest BCUT2D eigenvalue weighted by Crippen LogP contribution is 2.19. The lowest BCUT2D eigenvalue weighted by molar-refractivity contribution is -0.123. The van der Waals surface area contributed by atoms with Crippen LogP contribution >= 0.6 is 0 Å². The summed E-state index contributed by atoms with van der Waals surface area (Å²) in [7, 11) is 1.59. The molecule has 6 nitrogen and oxygen atoms in total. The molecule has 1 aromatic rings. The fourth-order valence-electron chi connectivity index (χ4n) is 1.63. The number of rotatable bonds is 9. The molecule has 0 unspecified atom stereocenters. The molecule has 0 spiro atoms. The van der Waals surface area contributed by atoms with E-state index in [4.69, 9.17) is 9.47 Å². The van der Waals surface area contributed by atoms with Crippen molar-refractivity contribution in [3.8, 4) is 5.75 Å². The normalized spacial score (nSPS) is 14.1. The van der Waals surface area contributed by atoms with E-state index >= 15 is 0 Å². The van der Waals surface area contributed by atoms with Crippen LogP contribution in [-0.4, -0.2) is 43.8 Å². The molecule has 1 aliphatic carbocycles. The summed E-state index contributed by atoms with van der Waals surface area (Å²) < 4.78 is 10.2. The van der Waals surface area contributed by atoms with Crippen LogP contribution in [-0.2, 0) is 16.1 Å². The minimum absolute atomic E-state index is 0.00886. The maximum absolute atomic E-state index is 11.4. The number of methoxy groups -OCH3 is 1. The second-order valence-electron chi connectivity index (χ2n) is 4.77. The molecular formula is C14H21N3O3. The Balaban J connectivity index is 1.65. The molecule has 6 heteroatoms. The first-order valence-corrected chi connectivity index (χ1v) is 6.84. The molecule has 2 rings (SSSR count). The Hall–Kier alpha value is -1.66. The molecule has 0 radical (unpaired) electrons. The Bertz CT molecular complexity index is 418. The summed E-state index contributed by atoms with van der Waals surface area (Å²) >= 11 is 0. The maximum Gasteiger partial charge on any atom is 0.258 e. The van der Waals surface area contributed by atoms with Crippen molar-refractivity contribution >= 4 is 5.91 Å². The monoisotopic (exact) mass is 279 g/mol. The topological polar surface area (TPSA) is 72.5 Å². The number of hydrogen-bond donors (Lipinski definition) is 2. The lowest BCUT2D eigenvalue weighted by Crippen LogP contribution is -2.31. The van der Waals surface area contributed by atoms with Gasteiger partial charge in [0, 0.05) is 26.2 Å². The lowest BCUT2D eigenvalue weighted by atomic mass is 10.3. The van der Waals surface area contributed by atoms with Gasteiger partial charge in [-0.1, -0.05) is 0 Å². The van der Waals surface area contributed by atoms with Crippen LogP contribution in [0.2, 0.25) is 0 Å². The Morgan fingerprint density at radius 1 is 1.45 bits per heavy atom. The fraction of sp³-hybridized carbons (Fsp3) is 0.571. The fourth-order valence-corrected chi connectivity index (χ4v) is 1.63. The predicted molar refractivity (Wildman–Crippen MR) is 74.5 cm³/mol. The van der Waals surface area contributed by atoms with Crippen molar-refractivity contribution in [2.75, 3.05) is 26.9 Å². The van der Waals surface area contributed by atoms with E-state index in [1.54, 1.807) is 13.3 Å². The number of aromatic nitrogens is 1. The Labute approximate surface area is 118 Å². The highest BCUT2D eigenvalue weighted by Gasteiger charge is 2.20. The van der Waals surface area contributed by atoms with Crippen molar-refractivity contribution in [1.29, 1.82) is 0 Å². The van der Waals surface area contributed by atoms with E-state index in [1.807, 2.05) is 12.1 Å². The molecule has 110 valence electrons. The highest BCUT2D eigenvalue weighted by atomic mass is 16.5. The number of pyridine rings is 1. The van der Waals surface area contributed by atoms with Crippen molar-refractivity contribution in [1.82, 2.24) is 15.6 Å². The maximum atomic E-state index is 11.4. The van der Waals surface area contributed by atoms with Gasteiger partial charge in [0.2, 0.25) is 0 Å². The van der Waals surface area contributed by atoms with Gasteiger partial charge in [-0.25, -0.2) is 0 Å².